The summed E-state index contributed by atoms with van der Waals surface area (Å²) in [4.78, 5) is 21.2. The zero-order chi connectivity index (χ0) is 16.2. The van der Waals surface area contributed by atoms with E-state index in [1.54, 1.807) is 0 Å². The van der Waals surface area contributed by atoms with Gasteiger partial charge in [0.15, 0.2) is 0 Å². The molecule has 8 heteroatoms. The predicted molar refractivity (Wildman–Crippen MR) is 86.2 cm³/mol. The summed E-state index contributed by atoms with van der Waals surface area (Å²) in [6.45, 7) is 4.13. The van der Waals surface area contributed by atoms with E-state index < -0.39 is 4.92 Å². The average molecular weight is 315 g/mol. The van der Waals surface area contributed by atoms with E-state index in [0.717, 1.165) is 11.3 Å². The van der Waals surface area contributed by atoms with E-state index in [1.807, 2.05) is 36.1 Å². The molecule has 1 N–H and O–H groups in total. The van der Waals surface area contributed by atoms with Crippen molar-refractivity contribution >= 4 is 23.0 Å². The van der Waals surface area contributed by atoms with Crippen molar-refractivity contribution in [3.05, 3.63) is 46.3 Å². The van der Waals surface area contributed by atoms with E-state index in [0.29, 0.717) is 32.1 Å². The van der Waals surface area contributed by atoms with Crippen molar-refractivity contribution in [2.24, 2.45) is 0 Å². The Morgan fingerprint density at radius 2 is 2.00 bits per heavy atom. The van der Waals surface area contributed by atoms with Gasteiger partial charge in [-0.05, 0) is 18.6 Å². The number of anilines is 3. The van der Waals surface area contributed by atoms with Crippen LogP contribution >= 0.6 is 0 Å². The van der Waals surface area contributed by atoms with Crippen molar-refractivity contribution in [1.82, 2.24) is 9.97 Å². The third kappa shape index (κ3) is 3.21. The Morgan fingerprint density at radius 3 is 2.70 bits per heavy atom. The SMILES string of the molecule is Cc1ccccc1Nc1ncnc(N2CCOCC2)c1[N+](=O)[O-]. The molecule has 0 unspecified atom stereocenters. The summed E-state index contributed by atoms with van der Waals surface area (Å²) in [5, 5.41) is 14.6. The van der Waals surface area contributed by atoms with Gasteiger partial charge >= 0.3 is 5.69 Å². The van der Waals surface area contributed by atoms with Crippen LogP contribution in [0.15, 0.2) is 30.6 Å². The molecule has 1 aliphatic rings. The maximum Gasteiger partial charge on any atom is 0.353 e. The van der Waals surface area contributed by atoms with Crippen molar-refractivity contribution in [2.45, 2.75) is 6.92 Å². The summed E-state index contributed by atoms with van der Waals surface area (Å²) >= 11 is 0. The van der Waals surface area contributed by atoms with E-state index in [2.05, 4.69) is 15.3 Å². The number of nitrogens with zero attached hydrogens (tertiary/aromatic N) is 4. The van der Waals surface area contributed by atoms with Gasteiger partial charge in [0.25, 0.3) is 0 Å². The summed E-state index contributed by atoms with van der Waals surface area (Å²) in [6.07, 6.45) is 1.35. The molecule has 1 aromatic heterocycles. The Labute approximate surface area is 133 Å². The molecule has 1 fully saturated rings. The molecule has 3 rings (SSSR count). The topological polar surface area (TPSA) is 93.4 Å². The molecule has 0 atom stereocenters. The predicted octanol–water partition coefficient (Wildman–Crippen LogP) is 2.27. The maximum absolute atomic E-state index is 11.6. The minimum Gasteiger partial charge on any atom is -0.378 e. The first-order valence-corrected chi connectivity index (χ1v) is 7.31. The van der Waals surface area contributed by atoms with Crippen molar-refractivity contribution < 1.29 is 9.66 Å². The Balaban J connectivity index is 2.00. The standard InChI is InChI=1S/C15H17N5O3/c1-11-4-2-3-5-12(11)18-14-13(20(21)22)15(17-10-16-14)19-6-8-23-9-7-19/h2-5,10H,6-9H2,1H3,(H,16,17,18). The van der Waals surface area contributed by atoms with E-state index in [4.69, 9.17) is 4.74 Å². The van der Waals surface area contributed by atoms with Crippen molar-refractivity contribution in [1.29, 1.82) is 0 Å². The third-order valence-corrected chi connectivity index (χ3v) is 3.69. The molecule has 1 aliphatic heterocycles. The van der Waals surface area contributed by atoms with Gasteiger partial charge in [-0.1, -0.05) is 18.2 Å². The first-order chi connectivity index (χ1) is 11.2. The molecular formula is C15H17N5O3. The van der Waals surface area contributed by atoms with E-state index in [-0.39, 0.29) is 11.5 Å². The minimum atomic E-state index is -0.439. The molecule has 2 aromatic rings. The number of para-hydroxylation sites is 1. The quantitative estimate of drug-likeness (QED) is 0.683. The molecule has 120 valence electrons. The van der Waals surface area contributed by atoms with Gasteiger partial charge in [-0.2, -0.15) is 0 Å². The van der Waals surface area contributed by atoms with Crippen LogP contribution in [0.5, 0.6) is 0 Å². The minimum absolute atomic E-state index is 0.113. The zero-order valence-electron chi connectivity index (χ0n) is 12.7. The zero-order valence-corrected chi connectivity index (χ0v) is 12.7. The molecule has 0 bridgehead atoms. The Hall–Kier alpha value is -2.74. The van der Waals surface area contributed by atoms with E-state index >= 15 is 0 Å². The fourth-order valence-corrected chi connectivity index (χ4v) is 2.48. The van der Waals surface area contributed by atoms with Gasteiger partial charge in [0.05, 0.1) is 18.1 Å². The van der Waals surface area contributed by atoms with Crippen LogP contribution in [-0.2, 0) is 4.74 Å². The summed E-state index contributed by atoms with van der Waals surface area (Å²) in [5.74, 6) is 0.519. The number of nitrogens with one attached hydrogen (secondary N) is 1. The lowest BCUT2D eigenvalue weighted by molar-refractivity contribution is -0.383. The van der Waals surface area contributed by atoms with Crippen LogP contribution in [0, 0.1) is 17.0 Å². The van der Waals surface area contributed by atoms with Crippen molar-refractivity contribution in [2.75, 3.05) is 36.5 Å². The fourth-order valence-electron chi connectivity index (χ4n) is 2.48. The molecule has 2 heterocycles. The summed E-state index contributed by atoms with van der Waals surface area (Å²) in [7, 11) is 0. The highest BCUT2D eigenvalue weighted by Gasteiger charge is 2.28. The Morgan fingerprint density at radius 1 is 1.26 bits per heavy atom. The molecule has 0 spiro atoms. The van der Waals surface area contributed by atoms with E-state index in [1.165, 1.54) is 6.33 Å². The monoisotopic (exact) mass is 315 g/mol. The van der Waals surface area contributed by atoms with Gasteiger partial charge in [0, 0.05) is 18.8 Å². The molecular weight excluding hydrogens is 298 g/mol. The number of hydrogen-bond acceptors (Lipinski definition) is 7. The number of morpholine rings is 1. The number of nitro groups is 1. The molecule has 0 aliphatic carbocycles. The lowest BCUT2D eigenvalue weighted by Gasteiger charge is -2.27. The first-order valence-electron chi connectivity index (χ1n) is 7.31. The highest BCUT2D eigenvalue weighted by Crippen LogP contribution is 2.34. The first kappa shape index (κ1) is 15.2. The summed E-state index contributed by atoms with van der Waals surface area (Å²) < 4.78 is 5.29. The van der Waals surface area contributed by atoms with Crippen LogP contribution in [0.4, 0.5) is 23.0 Å². The number of aryl methyl sites for hydroxylation is 1. The van der Waals surface area contributed by atoms with Gasteiger partial charge in [-0.25, -0.2) is 9.97 Å². The normalized spacial score (nSPS) is 14.6. The highest BCUT2D eigenvalue weighted by molar-refractivity contribution is 5.75. The summed E-state index contributed by atoms with van der Waals surface area (Å²) in [6, 6.07) is 7.56. The van der Waals surface area contributed by atoms with Gasteiger partial charge in [0.1, 0.15) is 6.33 Å². The van der Waals surface area contributed by atoms with Gasteiger partial charge < -0.3 is 15.0 Å². The largest absolute Gasteiger partial charge is 0.378 e. The second-order valence-corrected chi connectivity index (χ2v) is 5.19. The highest BCUT2D eigenvalue weighted by atomic mass is 16.6. The second kappa shape index (κ2) is 6.57. The molecule has 0 saturated carbocycles. The molecule has 1 saturated heterocycles. The Kier molecular flexibility index (Phi) is 4.33. The molecule has 8 nitrogen and oxygen atoms in total. The van der Waals surface area contributed by atoms with Crippen LogP contribution in [0.1, 0.15) is 5.56 Å². The van der Waals surface area contributed by atoms with Crippen molar-refractivity contribution in [3.8, 4) is 0 Å². The second-order valence-electron chi connectivity index (χ2n) is 5.19. The average Bonchev–Trinajstić information content (AvgIpc) is 2.57. The van der Waals surface area contributed by atoms with Crippen LogP contribution in [0.25, 0.3) is 0 Å². The van der Waals surface area contributed by atoms with Gasteiger partial charge in [0.2, 0.25) is 11.6 Å². The maximum atomic E-state index is 11.6. The van der Waals surface area contributed by atoms with Gasteiger partial charge in [-0.3, -0.25) is 10.1 Å². The number of benzene rings is 1. The van der Waals surface area contributed by atoms with Crippen molar-refractivity contribution in [3.63, 3.8) is 0 Å². The van der Waals surface area contributed by atoms with Crippen LogP contribution in [0.2, 0.25) is 0 Å². The molecule has 0 radical (unpaired) electrons. The van der Waals surface area contributed by atoms with Gasteiger partial charge in [-0.15, -0.1) is 0 Å². The van der Waals surface area contributed by atoms with E-state index in [9.17, 15) is 10.1 Å². The third-order valence-electron chi connectivity index (χ3n) is 3.69. The lowest BCUT2D eigenvalue weighted by Crippen LogP contribution is -2.37. The molecule has 0 amide bonds. The van der Waals surface area contributed by atoms with Crippen LogP contribution in [-0.4, -0.2) is 41.2 Å². The lowest BCUT2D eigenvalue weighted by atomic mass is 10.2. The smallest absolute Gasteiger partial charge is 0.353 e. The number of rotatable bonds is 4. The Bertz CT molecular complexity index is 716. The number of ether oxygens (including phenoxy) is 1. The number of hydrogen-bond donors (Lipinski definition) is 1. The van der Waals surface area contributed by atoms with Crippen LogP contribution < -0.4 is 10.2 Å². The summed E-state index contributed by atoms with van der Waals surface area (Å²) in [5.41, 5.74) is 1.65. The van der Waals surface area contributed by atoms with Crippen LogP contribution in [0.3, 0.4) is 0 Å². The number of aromatic nitrogens is 2. The molecule has 23 heavy (non-hydrogen) atoms. The molecule has 1 aromatic carbocycles. The fraction of sp³-hybridized carbons (Fsp3) is 0.333.